The Morgan fingerprint density at radius 3 is 1.81 bits per heavy atom. The van der Waals surface area contributed by atoms with E-state index in [1.807, 2.05) is 0 Å². The summed E-state index contributed by atoms with van der Waals surface area (Å²) in [5, 5.41) is 42.3. The van der Waals surface area contributed by atoms with Gasteiger partial charge in [0, 0.05) is 6.42 Å². The second kappa shape index (κ2) is 15.0. The quantitative estimate of drug-likeness (QED) is 0.110. The molecule has 182 valence electrons. The minimum atomic E-state index is -1.62. The standard InChI is InChI=1S/C17H28N4O10S/c1-32-5-4-9(15(28)20-10(17(30)31)2-3-12(23)24)19-16(29)11(6-13(25)26)21-14(27)8(18)7-22/h8-11,22H,2-7,18H2,1H3,(H,19,29)(H,20,28)(H,21,27)(H,23,24)(H,25,26)(H,30,31). The summed E-state index contributed by atoms with van der Waals surface area (Å²) in [7, 11) is 0. The van der Waals surface area contributed by atoms with Crippen LogP contribution in [-0.4, -0.2) is 98.8 Å². The van der Waals surface area contributed by atoms with Gasteiger partial charge < -0.3 is 42.1 Å². The van der Waals surface area contributed by atoms with Crippen molar-refractivity contribution in [2.75, 3.05) is 18.6 Å². The van der Waals surface area contributed by atoms with Crippen molar-refractivity contribution in [1.82, 2.24) is 16.0 Å². The lowest BCUT2D eigenvalue weighted by molar-refractivity contribution is -0.144. The number of thioether (sulfide) groups is 1. The Morgan fingerprint density at radius 2 is 1.34 bits per heavy atom. The first-order valence-corrected chi connectivity index (χ1v) is 10.7. The molecule has 0 aromatic heterocycles. The summed E-state index contributed by atoms with van der Waals surface area (Å²) >= 11 is 1.32. The molecule has 0 rings (SSSR count). The zero-order valence-corrected chi connectivity index (χ0v) is 18.1. The highest BCUT2D eigenvalue weighted by Crippen LogP contribution is 2.05. The molecule has 0 saturated heterocycles. The first-order valence-electron chi connectivity index (χ1n) is 9.35. The molecule has 15 heteroatoms. The van der Waals surface area contributed by atoms with Crippen molar-refractivity contribution in [3.8, 4) is 0 Å². The SMILES string of the molecule is CSCCC(NC(=O)C(CC(=O)O)NC(=O)C(N)CO)C(=O)NC(CCC(=O)O)C(=O)O. The van der Waals surface area contributed by atoms with Gasteiger partial charge in [0.05, 0.1) is 13.0 Å². The minimum Gasteiger partial charge on any atom is -0.481 e. The van der Waals surface area contributed by atoms with Crippen LogP contribution in [0.2, 0.25) is 0 Å². The van der Waals surface area contributed by atoms with Crippen LogP contribution in [-0.2, 0) is 28.8 Å². The second-order valence-electron chi connectivity index (χ2n) is 6.62. The Hall–Kier alpha value is -2.91. The number of aliphatic hydroxyl groups is 1. The van der Waals surface area contributed by atoms with E-state index in [0.717, 1.165) is 0 Å². The Labute approximate surface area is 187 Å². The summed E-state index contributed by atoms with van der Waals surface area (Å²) in [4.78, 5) is 70.0. The van der Waals surface area contributed by atoms with Crippen LogP contribution >= 0.6 is 11.8 Å². The van der Waals surface area contributed by atoms with Gasteiger partial charge in [-0.1, -0.05) is 0 Å². The number of nitrogens with one attached hydrogen (secondary N) is 3. The fourth-order valence-electron chi connectivity index (χ4n) is 2.32. The number of nitrogens with two attached hydrogens (primary N) is 1. The van der Waals surface area contributed by atoms with Gasteiger partial charge in [-0.3, -0.25) is 24.0 Å². The lowest BCUT2D eigenvalue weighted by Gasteiger charge is -2.24. The third-order valence-electron chi connectivity index (χ3n) is 4.05. The number of aliphatic carboxylic acids is 3. The molecule has 0 aromatic carbocycles. The van der Waals surface area contributed by atoms with Crippen LogP contribution in [0.15, 0.2) is 0 Å². The van der Waals surface area contributed by atoms with E-state index in [2.05, 4.69) is 16.0 Å². The molecule has 0 bridgehead atoms. The molecule has 4 atom stereocenters. The van der Waals surface area contributed by atoms with Crippen molar-refractivity contribution >= 4 is 47.4 Å². The molecule has 0 aliphatic carbocycles. The van der Waals surface area contributed by atoms with Gasteiger partial charge in [0.1, 0.15) is 24.2 Å². The highest BCUT2D eigenvalue weighted by Gasteiger charge is 2.31. The molecule has 14 nitrogen and oxygen atoms in total. The van der Waals surface area contributed by atoms with E-state index in [4.69, 9.17) is 21.1 Å². The van der Waals surface area contributed by atoms with Crippen LogP contribution in [0.25, 0.3) is 0 Å². The Kier molecular flexibility index (Phi) is 13.6. The van der Waals surface area contributed by atoms with Gasteiger partial charge in [-0.15, -0.1) is 0 Å². The van der Waals surface area contributed by atoms with Gasteiger partial charge in [-0.25, -0.2) is 4.79 Å². The molecule has 0 aliphatic heterocycles. The Bertz CT molecular complexity index is 705. The molecule has 0 saturated carbocycles. The number of hydrogen-bond acceptors (Lipinski definition) is 9. The maximum Gasteiger partial charge on any atom is 0.326 e. The van der Waals surface area contributed by atoms with E-state index >= 15 is 0 Å². The third-order valence-corrected chi connectivity index (χ3v) is 4.69. The summed E-state index contributed by atoms with van der Waals surface area (Å²) in [6.07, 6.45) is -0.00244. The summed E-state index contributed by atoms with van der Waals surface area (Å²) in [6, 6.07) is -5.84. The number of aliphatic hydroxyl groups excluding tert-OH is 1. The maximum absolute atomic E-state index is 12.6. The van der Waals surface area contributed by atoms with Crippen molar-refractivity contribution < 1.29 is 49.2 Å². The molecule has 4 unspecified atom stereocenters. The monoisotopic (exact) mass is 480 g/mol. The Morgan fingerprint density at radius 1 is 0.812 bits per heavy atom. The Balaban J connectivity index is 5.43. The lowest BCUT2D eigenvalue weighted by atomic mass is 10.1. The summed E-state index contributed by atoms with van der Waals surface area (Å²) < 4.78 is 0. The van der Waals surface area contributed by atoms with Crippen LogP contribution in [0.3, 0.4) is 0 Å². The van der Waals surface area contributed by atoms with Gasteiger partial charge in [0.2, 0.25) is 17.7 Å². The van der Waals surface area contributed by atoms with Crippen LogP contribution in [0, 0.1) is 0 Å². The number of carboxylic acid groups (broad SMARTS) is 3. The predicted molar refractivity (Wildman–Crippen MR) is 111 cm³/mol. The van der Waals surface area contributed by atoms with E-state index in [-0.39, 0.29) is 6.42 Å². The zero-order valence-electron chi connectivity index (χ0n) is 17.3. The van der Waals surface area contributed by atoms with Gasteiger partial charge in [0.25, 0.3) is 0 Å². The van der Waals surface area contributed by atoms with E-state index in [1.54, 1.807) is 6.26 Å². The topological polar surface area (TPSA) is 245 Å². The average Bonchev–Trinajstić information content (AvgIpc) is 2.71. The summed E-state index contributed by atoms with van der Waals surface area (Å²) in [5.41, 5.74) is 5.34. The fourth-order valence-corrected chi connectivity index (χ4v) is 2.79. The number of carbonyl (C=O) groups is 6. The smallest absolute Gasteiger partial charge is 0.326 e. The van der Waals surface area contributed by atoms with Crippen molar-refractivity contribution in [3.63, 3.8) is 0 Å². The predicted octanol–water partition coefficient (Wildman–Crippen LogP) is -3.06. The lowest BCUT2D eigenvalue weighted by Crippen LogP contribution is -2.58. The number of amides is 3. The van der Waals surface area contributed by atoms with Crippen LogP contribution < -0.4 is 21.7 Å². The molecule has 0 aromatic rings. The van der Waals surface area contributed by atoms with Crippen LogP contribution in [0.4, 0.5) is 0 Å². The highest BCUT2D eigenvalue weighted by molar-refractivity contribution is 7.98. The van der Waals surface area contributed by atoms with Crippen LogP contribution in [0.5, 0.6) is 0 Å². The second-order valence-corrected chi connectivity index (χ2v) is 7.61. The van der Waals surface area contributed by atoms with Crippen molar-refractivity contribution in [2.45, 2.75) is 49.9 Å². The van der Waals surface area contributed by atoms with E-state index in [9.17, 15) is 33.9 Å². The van der Waals surface area contributed by atoms with E-state index in [0.29, 0.717) is 5.75 Å². The normalized spacial score (nSPS) is 14.3. The number of hydrogen-bond donors (Lipinski definition) is 8. The van der Waals surface area contributed by atoms with Gasteiger partial charge in [0.15, 0.2) is 0 Å². The molecule has 0 aliphatic rings. The maximum atomic E-state index is 12.6. The molecular formula is C17H28N4O10S. The minimum absolute atomic E-state index is 0.0356. The zero-order chi connectivity index (χ0) is 24.8. The number of carboxylic acids is 3. The summed E-state index contributed by atoms with van der Waals surface area (Å²) in [6.45, 7) is -0.751. The summed E-state index contributed by atoms with van der Waals surface area (Å²) in [5.74, 6) is -6.75. The average molecular weight is 480 g/mol. The molecule has 0 radical (unpaired) electrons. The first-order chi connectivity index (χ1) is 14.9. The van der Waals surface area contributed by atoms with Crippen molar-refractivity contribution in [3.05, 3.63) is 0 Å². The molecule has 32 heavy (non-hydrogen) atoms. The fraction of sp³-hybridized carbons (Fsp3) is 0.647. The van der Waals surface area contributed by atoms with Gasteiger partial charge in [-0.05, 0) is 24.9 Å². The molecule has 0 fully saturated rings. The molecular weight excluding hydrogens is 452 g/mol. The molecule has 3 amide bonds. The number of carbonyl (C=O) groups excluding carboxylic acids is 3. The highest BCUT2D eigenvalue weighted by atomic mass is 32.2. The van der Waals surface area contributed by atoms with Crippen LogP contribution in [0.1, 0.15) is 25.7 Å². The third kappa shape index (κ3) is 11.5. The van der Waals surface area contributed by atoms with Crippen molar-refractivity contribution in [1.29, 1.82) is 0 Å². The first kappa shape index (κ1) is 29.1. The molecule has 9 N–H and O–H groups in total. The number of rotatable bonds is 16. The largest absolute Gasteiger partial charge is 0.481 e. The molecule has 0 heterocycles. The van der Waals surface area contributed by atoms with Crippen molar-refractivity contribution in [2.24, 2.45) is 5.73 Å². The van der Waals surface area contributed by atoms with E-state index in [1.165, 1.54) is 11.8 Å². The van der Waals surface area contributed by atoms with Gasteiger partial charge in [-0.2, -0.15) is 11.8 Å². The molecule has 0 spiro atoms. The van der Waals surface area contributed by atoms with E-state index < -0.39 is 85.7 Å². The van der Waals surface area contributed by atoms with Gasteiger partial charge >= 0.3 is 17.9 Å².